The van der Waals surface area contributed by atoms with Crippen LogP contribution in [0.15, 0.2) is 31.0 Å². The molecule has 1 amide bonds. The van der Waals surface area contributed by atoms with Gasteiger partial charge in [0.1, 0.15) is 0 Å². The smallest absolute Gasteiger partial charge is 0.404 e. The van der Waals surface area contributed by atoms with Crippen molar-refractivity contribution in [3.63, 3.8) is 0 Å². The van der Waals surface area contributed by atoms with E-state index in [2.05, 4.69) is 25.7 Å². The lowest BCUT2D eigenvalue weighted by molar-refractivity contribution is 0.184. The number of carbonyl (C=O) groups is 1. The zero-order valence-electron chi connectivity index (χ0n) is 15.0. The fourth-order valence-corrected chi connectivity index (χ4v) is 3.60. The summed E-state index contributed by atoms with van der Waals surface area (Å²) < 4.78 is 1.73. The number of nitrogens with zero attached hydrogens (tertiary/aromatic N) is 5. The zero-order valence-corrected chi connectivity index (χ0v) is 15.0. The average Bonchev–Trinajstić information content (AvgIpc) is 3.08. The minimum Gasteiger partial charge on any atom is -0.465 e. The van der Waals surface area contributed by atoms with Crippen LogP contribution in [0.2, 0.25) is 0 Å². The monoisotopic (exact) mass is 367 g/mol. The van der Waals surface area contributed by atoms with E-state index >= 15 is 0 Å². The molecule has 0 aliphatic heterocycles. The molecule has 0 bridgehead atoms. The molecule has 0 saturated heterocycles. The maximum Gasteiger partial charge on any atom is 0.404 e. The summed E-state index contributed by atoms with van der Waals surface area (Å²) >= 11 is 0. The molecule has 1 aliphatic carbocycles. The molecule has 3 heterocycles. The van der Waals surface area contributed by atoms with Crippen molar-refractivity contribution in [2.24, 2.45) is 7.05 Å². The highest BCUT2D eigenvalue weighted by atomic mass is 16.4. The predicted molar refractivity (Wildman–Crippen MR) is 100 cm³/mol. The molecular formula is C18H21N7O2. The highest BCUT2D eigenvalue weighted by Gasteiger charge is 2.27. The van der Waals surface area contributed by atoms with Crippen molar-refractivity contribution in [2.75, 3.05) is 5.32 Å². The molecule has 1 aliphatic rings. The second kappa shape index (κ2) is 7.18. The topological polar surface area (TPSA) is 118 Å². The van der Waals surface area contributed by atoms with Crippen molar-refractivity contribution in [2.45, 2.75) is 37.8 Å². The molecule has 0 radical (unpaired) electrons. The zero-order chi connectivity index (χ0) is 18.8. The Kier molecular flexibility index (Phi) is 4.57. The number of fused-ring (bicyclic) bond motifs is 1. The summed E-state index contributed by atoms with van der Waals surface area (Å²) in [6.45, 7) is 0. The Morgan fingerprint density at radius 1 is 1.19 bits per heavy atom. The summed E-state index contributed by atoms with van der Waals surface area (Å²) in [5.74, 6) is 0.489. The van der Waals surface area contributed by atoms with E-state index in [0.717, 1.165) is 47.7 Å². The third-order valence-electron chi connectivity index (χ3n) is 4.89. The van der Waals surface area contributed by atoms with E-state index in [-0.39, 0.29) is 12.1 Å². The number of amides is 1. The molecule has 0 spiro atoms. The summed E-state index contributed by atoms with van der Waals surface area (Å²) in [5, 5.41) is 20.1. The lowest BCUT2D eigenvalue weighted by atomic mass is 9.90. The van der Waals surface area contributed by atoms with Crippen LogP contribution in [0.4, 0.5) is 10.7 Å². The normalized spacial score (nSPS) is 19.7. The number of aromatic nitrogens is 5. The van der Waals surface area contributed by atoms with E-state index in [1.165, 1.54) is 0 Å². The molecule has 0 unspecified atom stereocenters. The Morgan fingerprint density at radius 3 is 2.74 bits per heavy atom. The van der Waals surface area contributed by atoms with Gasteiger partial charge in [-0.3, -0.25) is 9.67 Å². The van der Waals surface area contributed by atoms with Crippen LogP contribution in [0.25, 0.3) is 22.0 Å². The maximum atomic E-state index is 11.1. The van der Waals surface area contributed by atoms with Crippen LogP contribution in [0.5, 0.6) is 0 Å². The second-order valence-electron chi connectivity index (χ2n) is 6.81. The summed E-state index contributed by atoms with van der Waals surface area (Å²) in [6, 6.07) is -0.179. The molecule has 1 saturated carbocycles. The van der Waals surface area contributed by atoms with Gasteiger partial charge in [-0.15, -0.1) is 0 Å². The summed E-state index contributed by atoms with van der Waals surface area (Å²) in [6.07, 6.45) is 11.7. The number of hydrogen-bond donors (Lipinski definition) is 3. The Balaban J connectivity index is 1.65. The van der Waals surface area contributed by atoms with Crippen molar-refractivity contribution >= 4 is 22.9 Å². The molecule has 140 valence electrons. The van der Waals surface area contributed by atoms with Crippen molar-refractivity contribution in [3.05, 3.63) is 31.0 Å². The van der Waals surface area contributed by atoms with Crippen LogP contribution in [0.1, 0.15) is 25.7 Å². The van der Waals surface area contributed by atoms with Gasteiger partial charge in [-0.1, -0.05) is 12.8 Å². The van der Waals surface area contributed by atoms with E-state index in [0.29, 0.717) is 5.95 Å². The molecule has 9 nitrogen and oxygen atoms in total. The molecule has 27 heavy (non-hydrogen) atoms. The van der Waals surface area contributed by atoms with E-state index in [9.17, 15) is 4.79 Å². The largest absolute Gasteiger partial charge is 0.465 e. The van der Waals surface area contributed by atoms with Gasteiger partial charge < -0.3 is 15.7 Å². The van der Waals surface area contributed by atoms with Gasteiger partial charge in [0, 0.05) is 54.4 Å². The highest BCUT2D eigenvalue weighted by molar-refractivity contribution is 5.92. The van der Waals surface area contributed by atoms with Crippen LogP contribution in [-0.4, -0.2) is 48.0 Å². The second-order valence-corrected chi connectivity index (χ2v) is 6.81. The van der Waals surface area contributed by atoms with E-state index in [1.54, 1.807) is 29.5 Å². The SMILES string of the molecule is Cn1cc(-c2cncc3cnc(N[C@@H]4CCCC[C@@H]4NC(=O)O)nc23)cn1. The Morgan fingerprint density at radius 2 is 2.00 bits per heavy atom. The molecule has 1 fully saturated rings. The standard InChI is InChI=1S/C18H21N7O2/c1-25-10-12(8-21-25)13-9-19-6-11-7-20-17(24-16(11)13)22-14-4-2-3-5-15(14)23-18(26)27/h6-10,14-15,23H,2-5H2,1H3,(H,26,27)(H,20,22,24)/t14-,15+/m1/s1. The van der Waals surface area contributed by atoms with Crippen molar-refractivity contribution in [1.29, 1.82) is 0 Å². The molecule has 2 atom stereocenters. The molecule has 3 aromatic rings. The van der Waals surface area contributed by atoms with Crippen molar-refractivity contribution < 1.29 is 9.90 Å². The maximum absolute atomic E-state index is 11.1. The molecule has 9 heteroatoms. The lowest BCUT2D eigenvalue weighted by Gasteiger charge is -2.31. The summed E-state index contributed by atoms with van der Waals surface area (Å²) in [7, 11) is 1.86. The highest BCUT2D eigenvalue weighted by Crippen LogP contribution is 2.27. The number of hydrogen-bond acceptors (Lipinski definition) is 6. The number of carboxylic acid groups (broad SMARTS) is 1. The van der Waals surface area contributed by atoms with E-state index in [4.69, 9.17) is 10.1 Å². The predicted octanol–water partition coefficient (Wildman–Crippen LogP) is 2.42. The van der Waals surface area contributed by atoms with Gasteiger partial charge in [-0.2, -0.15) is 5.10 Å². The molecule has 0 aromatic carbocycles. The first kappa shape index (κ1) is 17.2. The number of pyridine rings is 1. The van der Waals surface area contributed by atoms with Crippen LogP contribution >= 0.6 is 0 Å². The lowest BCUT2D eigenvalue weighted by Crippen LogP contribution is -2.48. The first-order valence-electron chi connectivity index (χ1n) is 8.96. The Bertz CT molecular complexity index is 971. The molecule has 3 aromatic heterocycles. The van der Waals surface area contributed by atoms with Gasteiger partial charge in [0.15, 0.2) is 0 Å². The Labute approximate surface area is 155 Å². The van der Waals surface area contributed by atoms with E-state index < -0.39 is 6.09 Å². The van der Waals surface area contributed by atoms with Crippen molar-refractivity contribution in [3.8, 4) is 11.1 Å². The van der Waals surface area contributed by atoms with E-state index in [1.807, 2.05) is 13.2 Å². The van der Waals surface area contributed by atoms with Crippen LogP contribution in [0.3, 0.4) is 0 Å². The quantitative estimate of drug-likeness (QED) is 0.648. The van der Waals surface area contributed by atoms with Crippen LogP contribution < -0.4 is 10.6 Å². The van der Waals surface area contributed by atoms with Crippen molar-refractivity contribution in [1.82, 2.24) is 30.0 Å². The first-order valence-corrected chi connectivity index (χ1v) is 8.96. The Hall–Kier alpha value is -3.23. The molecule has 4 rings (SSSR count). The van der Waals surface area contributed by atoms with Gasteiger partial charge in [0.05, 0.1) is 17.8 Å². The minimum absolute atomic E-state index is 0.0315. The number of anilines is 1. The van der Waals surface area contributed by atoms with Crippen LogP contribution in [0, 0.1) is 0 Å². The number of aryl methyl sites for hydroxylation is 1. The van der Waals surface area contributed by atoms with Gasteiger partial charge >= 0.3 is 6.09 Å². The third-order valence-corrected chi connectivity index (χ3v) is 4.89. The van der Waals surface area contributed by atoms with Gasteiger partial charge in [-0.05, 0) is 12.8 Å². The fourth-order valence-electron chi connectivity index (χ4n) is 3.60. The third kappa shape index (κ3) is 3.67. The summed E-state index contributed by atoms with van der Waals surface area (Å²) in [4.78, 5) is 24.4. The summed E-state index contributed by atoms with van der Waals surface area (Å²) in [5.41, 5.74) is 2.60. The number of rotatable bonds is 4. The fraction of sp³-hybridized carbons (Fsp3) is 0.389. The van der Waals surface area contributed by atoms with Crippen LogP contribution in [-0.2, 0) is 7.05 Å². The minimum atomic E-state index is -1.00. The molecule has 3 N–H and O–H groups in total. The van der Waals surface area contributed by atoms with Gasteiger partial charge in [0.2, 0.25) is 5.95 Å². The van der Waals surface area contributed by atoms with Gasteiger partial charge in [-0.25, -0.2) is 14.8 Å². The molecular weight excluding hydrogens is 346 g/mol. The first-order chi connectivity index (χ1) is 13.1. The number of nitrogens with one attached hydrogen (secondary N) is 2. The van der Waals surface area contributed by atoms with Gasteiger partial charge in [0.25, 0.3) is 0 Å². The average molecular weight is 367 g/mol.